The van der Waals surface area contributed by atoms with E-state index in [-0.39, 0.29) is 0 Å². The lowest BCUT2D eigenvalue weighted by Crippen LogP contribution is -2.33. The van der Waals surface area contributed by atoms with E-state index in [1.165, 1.54) is 12.8 Å². The molecule has 0 unspecified atom stereocenters. The minimum absolute atomic E-state index is 0.601. The van der Waals surface area contributed by atoms with Crippen LogP contribution in [0.2, 0.25) is 0 Å². The first-order chi connectivity index (χ1) is 7.77. The molecular formula is C15H21N. The number of allylic oxidation sites excluding steroid dienone is 6. The molecule has 0 heterocycles. The third-order valence-electron chi connectivity index (χ3n) is 3.51. The molecule has 0 radical (unpaired) electrons. The summed E-state index contributed by atoms with van der Waals surface area (Å²) in [6.45, 7) is 0. The third-order valence-corrected chi connectivity index (χ3v) is 3.51. The van der Waals surface area contributed by atoms with Crippen LogP contribution < -0.4 is 0 Å². The lowest BCUT2D eigenvalue weighted by Gasteiger charge is -2.28. The number of hydrogen-bond acceptors (Lipinski definition) is 1. The van der Waals surface area contributed by atoms with Gasteiger partial charge in [-0.25, -0.2) is 0 Å². The van der Waals surface area contributed by atoms with Crippen LogP contribution in [0.1, 0.15) is 12.8 Å². The second-order valence-electron chi connectivity index (χ2n) is 4.89. The monoisotopic (exact) mass is 215 g/mol. The molecule has 0 aromatic heterocycles. The highest BCUT2D eigenvalue weighted by atomic mass is 15.1. The SMILES string of the molecule is CN(C)[C@@H](CCC1C=CC=C1)C1C=CC=C1. The van der Waals surface area contributed by atoms with Crippen LogP contribution in [0, 0.1) is 11.8 Å². The van der Waals surface area contributed by atoms with Gasteiger partial charge in [-0.15, -0.1) is 0 Å². The molecule has 0 saturated carbocycles. The Morgan fingerprint density at radius 2 is 1.50 bits per heavy atom. The second-order valence-corrected chi connectivity index (χ2v) is 4.89. The molecule has 0 bridgehead atoms. The van der Waals surface area contributed by atoms with Crippen molar-refractivity contribution in [1.82, 2.24) is 4.90 Å². The molecular weight excluding hydrogens is 194 g/mol. The van der Waals surface area contributed by atoms with Gasteiger partial charge in [0.05, 0.1) is 0 Å². The highest BCUT2D eigenvalue weighted by molar-refractivity contribution is 5.20. The van der Waals surface area contributed by atoms with Gasteiger partial charge in [-0.05, 0) is 32.9 Å². The van der Waals surface area contributed by atoms with Gasteiger partial charge in [-0.3, -0.25) is 0 Å². The molecule has 2 aliphatic carbocycles. The molecule has 86 valence electrons. The summed E-state index contributed by atoms with van der Waals surface area (Å²) in [6, 6.07) is 0.636. The van der Waals surface area contributed by atoms with Gasteiger partial charge in [0.25, 0.3) is 0 Å². The van der Waals surface area contributed by atoms with E-state index < -0.39 is 0 Å². The Kier molecular flexibility index (Phi) is 3.79. The zero-order valence-electron chi connectivity index (χ0n) is 10.2. The first kappa shape index (κ1) is 11.4. The van der Waals surface area contributed by atoms with Gasteiger partial charge in [0.1, 0.15) is 0 Å². The number of nitrogens with zero attached hydrogens (tertiary/aromatic N) is 1. The topological polar surface area (TPSA) is 3.24 Å². The molecule has 1 nitrogen and oxygen atoms in total. The molecule has 16 heavy (non-hydrogen) atoms. The summed E-state index contributed by atoms with van der Waals surface area (Å²) in [4.78, 5) is 2.35. The molecule has 0 fully saturated rings. The minimum Gasteiger partial charge on any atom is -0.306 e. The van der Waals surface area contributed by atoms with E-state index in [1.807, 2.05) is 0 Å². The standard InChI is InChI=1S/C15H21N/c1-16(2)15(14-9-5-6-10-14)12-11-13-7-3-4-8-13/h3-10,13-15H,11-12H2,1-2H3/t15-/m0/s1. The van der Waals surface area contributed by atoms with Gasteiger partial charge in [0.2, 0.25) is 0 Å². The predicted octanol–water partition coefficient (Wildman–Crippen LogP) is 3.18. The maximum Gasteiger partial charge on any atom is 0.0187 e. The van der Waals surface area contributed by atoms with Crippen molar-refractivity contribution >= 4 is 0 Å². The Bertz CT molecular complexity index is 309. The van der Waals surface area contributed by atoms with E-state index in [2.05, 4.69) is 67.6 Å². The van der Waals surface area contributed by atoms with Crippen LogP contribution >= 0.6 is 0 Å². The van der Waals surface area contributed by atoms with E-state index in [0.717, 1.165) is 0 Å². The van der Waals surface area contributed by atoms with E-state index in [9.17, 15) is 0 Å². The normalized spacial score (nSPS) is 21.7. The first-order valence-electron chi connectivity index (χ1n) is 6.14. The summed E-state index contributed by atoms with van der Waals surface area (Å²) in [5.41, 5.74) is 0. The van der Waals surface area contributed by atoms with Crippen molar-refractivity contribution in [3.05, 3.63) is 48.6 Å². The molecule has 2 rings (SSSR count). The van der Waals surface area contributed by atoms with E-state index in [0.29, 0.717) is 17.9 Å². The zero-order chi connectivity index (χ0) is 11.4. The summed E-state index contributed by atoms with van der Waals surface area (Å²) < 4.78 is 0. The highest BCUT2D eigenvalue weighted by Gasteiger charge is 2.21. The van der Waals surface area contributed by atoms with Gasteiger partial charge in [-0.1, -0.05) is 48.6 Å². The molecule has 1 heteroatoms. The van der Waals surface area contributed by atoms with E-state index >= 15 is 0 Å². The third kappa shape index (κ3) is 2.73. The molecule has 1 atom stereocenters. The Balaban J connectivity index is 1.87. The average Bonchev–Trinajstić information content (AvgIpc) is 2.88. The van der Waals surface area contributed by atoms with Crippen molar-refractivity contribution in [3.8, 4) is 0 Å². The fourth-order valence-corrected chi connectivity index (χ4v) is 2.53. The largest absolute Gasteiger partial charge is 0.306 e. The van der Waals surface area contributed by atoms with Crippen LogP contribution in [0.25, 0.3) is 0 Å². The number of hydrogen-bond donors (Lipinski definition) is 0. The minimum atomic E-state index is 0.601. The van der Waals surface area contributed by atoms with E-state index in [4.69, 9.17) is 0 Å². The van der Waals surface area contributed by atoms with Crippen LogP contribution in [-0.4, -0.2) is 25.0 Å². The lowest BCUT2D eigenvalue weighted by molar-refractivity contribution is 0.240. The van der Waals surface area contributed by atoms with Crippen LogP contribution in [0.4, 0.5) is 0 Å². The molecule has 0 N–H and O–H groups in total. The molecule has 0 aromatic carbocycles. The Hall–Kier alpha value is -1.08. The van der Waals surface area contributed by atoms with Crippen molar-refractivity contribution in [1.29, 1.82) is 0 Å². The van der Waals surface area contributed by atoms with Crippen molar-refractivity contribution < 1.29 is 0 Å². The highest BCUT2D eigenvalue weighted by Crippen LogP contribution is 2.24. The van der Waals surface area contributed by atoms with Crippen molar-refractivity contribution in [2.24, 2.45) is 11.8 Å². The van der Waals surface area contributed by atoms with Gasteiger partial charge in [-0.2, -0.15) is 0 Å². The van der Waals surface area contributed by atoms with Crippen molar-refractivity contribution in [2.45, 2.75) is 18.9 Å². The Morgan fingerprint density at radius 1 is 0.938 bits per heavy atom. The molecule has 0 aromatic rings. The fourth-order valence-electron chi connectivity index (χ4n) is 2.53. The molecule has 2 aliphatic rings. The number of rotatable bonds is 5. The quantitative estimate of drug-likeness (QED) is 0.681. The summed E-state index contributed by atoms with van der Waals surface area (Å²) in [7, 11) is 4.37. The summed E-state index contributed by atoms with van der Waals surface area (Å²) in [5, 5.41) is 0. The summed E-state index contributed by atoms with van der Waals surface area (Å²) in [6.07, 6.45) is 20.4. The van der Waals surface area contributed by atoms with Crippen LogP contribution in [0.3, 0.4) is 0 Å². The zero-order valence-corrected chi connectivity index (χ0v) is 10.2. The van der Waals surface area contributed by atoms with Crippen molar-refractivity contribution in [3.63, 3.8) is 0 Å². The van der Waals surface area contributed by atoms with Crippen LogP contribution in [0.5, 0.6) is 0 Å². The first-order valence-corrected chi connectivity index (χ1v) is 6.14. The molecule has 0 spiro atoms. The fraction of sp³-hybridized carbons (Fsp3) is 0.467. The lowest BCUT2D eigenvalue weighted by atomic mass is 9.92. The summed E-state index contributed by atoms with van der Waals surface area (Å²) in [5.74, 6) is 1.26. The van der Waals surface area contributed by atoms with Crippen molar-refractivity contribution in [2.75, 3.05) is 14.1 Å². The Labute approximate surface area is 98.8 Å². The smallest absolute Gasteiger partial charge is 0.0187 e. The maximum atomic E-state index is 2.35. The Morgan fingerprint density at radius 3 is 2.06 bits per heavy atom. The second kappa shape index (κ2) is 5.31. The summed E-state index contributed by atoms with van der Waals surface area (Å²) >= 11 is 0. The van der Waals surface area contributed by atoms with Gasteiger partial charge < -0.3 is 4.90 Å². The van der Waals surface area contributed by atoms with Gasteiger partial charge in [0, 0.05) is 12.0 Å². The molecule has 0 amide bonds. The van der Waals surface area contributed by atoms with Crippen LogP contribution in [0.15, 0.2) is 48.6 Å². The van der Waals surface area contributed by atoms with Gasteiger partial charge in [0.15, 0.2) is 0 Å². The predicted molar refractivity (Wildman–Crippen MR) is 70.2 cm³/mol. The molecule has 0 saturated heterocycles. The average molecular weight is 215 g/mol. The van der Waals surface area contributed by atoms with Crippen LogP contribution in [-0.2, 0) is 0 Å². The maximum absolute atomic E-state index is 2.35. The van der Waals surface area contributed by atoms with E-state index in [1.54, 1.807) is 0 Å². The molecule has 0 aliphatic heterocycles. The van der Waals surface area contributed by atoms with Gasteiger partial charge >= 0.3 is 0 Å².